The van der Waals surface area contributed by atoms with E-state index in [0.717, 1.165) is 35.6 Å². The molecule has 4 rings (SSSR count). The van der Waals surface area contributed by atoms with Crippen molar-refractivity contribution < 1.29 is 9.53 Å². The standard InChI is InChI=1S/C28H30ClN7O2.2ClH/c1-28(2,3)36-27(37)19-5-4-6-21(14-19)38-24-8-7-20(15-23(24)29)35-26-22-13-18(16-31-12-10-30)9-11-32-25(22)33-17-34-26;;/h4-8,13-15,17,31H,9,11-12,16H2,1-3H3,(H,36,37)(H2,32,33,34,35);2*1H. The summed E-state index contributed by atoms with van der Waals surface area (Å²) >= 11 is 6.56. The molecule has 0 spiro atoms. The summed E-state index contributed by atoms with van der Waals surface area (Å²) in [4.78, 5) is 21.3. The Morgan fingerprint density at radius 1 is 1.18 bits per heavy atom. The molecule has 1 aliphatic rings. The zero-order valence-corrected chi connectivity index (χ0v) is 24.8. The van der Waals surface area contributed by atoms with Crippen LogP contribution in [0.15, 0.2) is 54.4 Å². The number of hydrogen-bond acceptors (Lipinski definition) is 8. The second-order valence-corrected chi connectivity index (χ2v) is 10.2. The molecule has 1 aromatic heterocycles. The highest BCUT2D eigenvalue weighted by Crippen LogP contribution is 2.34. The number of nitriles is 1. The lowest BCUT2D eigenvalue weighted by molar-refractivity contribution is 0.0919. The molecule has 0 radical (unpaired) electrons. The van der Waals surface area contributed by atoms with Crippen molar-refractivity contribution in [2.45, 2.75) is 32.7 Å². The van der Waals surface area contributed by atoms with Crippen molar-refractivity contribution in [3.63, 3.8) is 0 Å². The quantitative estimate of drug-likeness (QED) is 0.173. The van der Waals surface area contributed by atoms with Crippen molar-refractivity contribution in [1.29, 1.82) is 5.26 Å². The molecule has 0 fully saturated rings. The summed E-state index contributed by atoms with van der Waals surface area (Å²) in [6, 6.07) is 14.4. The van der Waals surface area contributed by atoms with Gasteiger partial charge in [0.25, 0.3) is 5.91 Å². The molecule has 0 bridgehead atoms. The van der Waals surface area contributed by atoms with Crippen LogP contribution in [0.3, 0.4) is 0 Å². The molecule has 0 unspecified atom stereocenters. The Morgan fingerprint density at radius 2 is 1.98 bits per heavy atom. The van der Waals surface area contributed by atoms with Crippen molar-refractivity contribution in [3.8, 4) is 17.6 Å². The zero-order valence-electron chi connectivity index (χ0n) is 22.4. The van der Waals surface area contributed by atoms with Crippen molar-refractivity contribution in [2.75, 3.05) is 30.3 Å². The fourth-order valence-corrected chi connectivity index (χ4v) is 4.07. The van der Waals surface area contributed by atoms with E-state index in [4.69, 9.17) is 21.6 Å². The monoisotopic (exact) mass is 603 g/mol. The van der Waals surface area contributed by atoms with Gasteiger partial charge >= 0.3 is 0 Å². The number of carbonyl (C=O) groups excluding carboxylic acids is 1. The first kappa shape index (κ1) is 32.7. The number of hydrogen-bond donors (Lipinski definition) is 4. The zero-order chi connectivity index (χ0) is 27.1. The van der Waals surface area contributed by atoms with Gasteiger partial charge in [0.05, 0.1) is 23.2 Å². The molecule has 12 heteroatoms. The van der Waals surface area contributed by atoms with Gasteiger partial charge in [-0.3, -0.25) is 4.79 Å². The number of amides is 1. The maximum atomic E-state index is 12.5. The summed E-state index contributed by atoms with van der Waals surface area (Å²) in [5.74, 6) is 2.15. The van der Waals surface area contributed by atoms with Crippen LogP contribution in [0.5, 0.6) is 11.5 Å². The Balaban J connectivity index is 0.00000280. The number of carbonyl (C=O) groups is 1. The first-order valence-electron chi connectivity index (χ1n) is 12.2. The van der Waals surface area contributed by atoms with Crippen LogP contribution in [-0.4, -0.2) is 41.0 Å². The number of aromatic nitrogens is 2. The van der Waals surface area contributed by atoms with Crippen LogP contribution in [0.25, 0.3) is 6.08 Å². The van der Waals surface area contributed by atoms with Crippen LogP contribution in [0.2, 0.25) is 5.02 Å². The molecule has 2 heterocycles. The summed E-state index contributed by atoms with van der Waals surface area (Å²) in [5, 5.41) is 21.9. The SMILES string of the molecule is CC(C)(C)NC(=O)c1cccc(Oc2ccc(Nc3ncnc4c3C=C(CNCC#N)CCN4)cc2Cl)c1.Cl.Cl. The van der Waals surface area contributed by atoms with Crippen molar-refractivity contribution in [3.05, 3.63) is 70.5 Å². The Bertz CT molecular complexity index is 1400. The van der Waals surface area contributed by atoms with Crippen LogP contribution in [0, 0.1) is 11.3 Å². The van der Waals surface area contributed by atoms with Crippen LogP contribution >= 0.6 is 36.4 Å². The third-order valence-corrected chi connectivity index (χ3v) is 5.83. The van der Waals surface area contributed by atoms with Gasteiger partial charge in [0.15, 0.2) is 0 Å². The number of rotatable bonds is 8. The summed E-state index contributed by atoms with van der Waals surface area (Å²) in [6.07, 6.45) is 4.37. The first-order valence-corrected chi connectivity index (χ1v) is 12.6. The smallest absolute Gasteiger partial charge is 0.251 e. The minimum Gasteiger partial charge on any atom is -0.456 e. The molecule has 2 aromatic carbocycles. The lowest BCUT2D eigenvalue weighted by atomic mass is 10.1. The van der Waals surface area contributed by atoms with Crippen LogP contribution < -0.4 is 26.0 Å². The molecule has 40 heavy (non-hydrogen) atoms. The molecule has 1 aliphatic heterocycles. The van der Waals surface area contributed by atoms with Crippen molar-refractivity contribution >= 4 is 65.7 Å². The Morgan fingerprint density at radius 3 is 2.70 bits per heavy atom. The second kappa shape index (κ2) is 14.7. The molecule has 0 aliphatic carbocycles. The van der Waals surface area contributed by atoms with Crippen molar-refractivity contribution in [2.24, 2.45) is 0 Å². The van der Waals surface area contributed by atoms with E-state index in [1.54, 1.807) is 36.4 Å². The molecule has 1 amide bonds. The lowest BCUT2D eigenvalue weighted by Gasteiger charge is -2.20. The summed E-state index contributed by atoms with van der Waals surface area (Å²) in [6.45, 7) is 7.42. The van der Waals surface area contributed by atoms with E-state index in [1.165, 1.54) is 6.33 Å². The molecule has 0 saturated heterocycles. The van der Waals surface area contributed by atoms with E-state index >= 15 is 0 Å². The van der Waals surface area contributed by atoms with Crippen LogP contribution in [0.4, 0.5) is 17.3 Å². The number of anilines is 3. The average molecular weight is 605 g/mol. The number of fused-ring (bicyclic) bond motifs is 1. The highest BCUT2D eigenvalue weighted by atomic mass is 35.5. The van der Waals surface area contributed by atoms with E-state index in [1.807, 2.05) is 32.9 Å². The van der Waals surface area contributed by atoms with E-state index < -0.39 is 0 Å². The number of nitrogens with one attached hydrogen (secondary N) is 4. The predicted molar refractivity (Wildman–Crippen MR) is 165 cm³/mol. The van der Waals surface area contributed by atoms with Gasteiger partial charge in [-0.05, 0) is 69.7 Å². The molecule has 0 saturated carbocycles. The molecule has 9 nitrogen and oxygen atoms in total. The second-order valence-electron chi connectivity index (χ2n) is 9.83. The number of benzene rings is 2. The van der Waals surface area contributed by atoms with E-state index in [2.05, 4.69) is 37.3 Å². The first-order chi connectivity index (χ1) is 18.2. The Labute approximate surface area is 251 Å². The summed E-state index contributed by atoms with van der Waals surface area (Å²) in [7, 11) is 0. The summed E-state index contributed by atoms with van der Waals surface area (Å²) < 4.78 is 5.99. The van der Waals surface area contributed by atoms with E-state index in [9.17, 15) is 4.79 Å². The third-order valence-electron chi connectivity index (χ3n) is 5.53. The number of nitrogens with zero attached hydrogens (tertiary/aromatic N) is 3. The van der Waals surface area contributed by atoms with E-state index in [-0.39, 0.29) is 42.8 Å². The van der Waals surface area contributed by atoms with Gasteiger partial charge in [-0.15, -0.1) is 24.8 Å². The highest BCUT2D eigenvalue weighted by Gasteiger charge is 2.17. The van der Waals surface area contributed by atoms with Gasteiger partial charge in [0, 0.05) is 29.9 Å². The fourth-order valence-electron chi connectivity index (χ4n) is 3.85. The molecule has 3 aromatic rings. The van der Waals surface area contributed by atoms with Gasteiger partial charge in [-0.2, -0.15) is 5.26 Å². The van der Waals surface area contributed by atoms with E-state index in [0.29, 0.717) is 34.4 Å². The van der Waals surface area contributed by atoms with Gasteiger partial charge in [-0.1, -0.05) is 23.2 Å². The van der Waals surface area contributed by atoms with Gasteiger partial charge in [-0.25, -0.2) is 9.97 Å². The molecule has 4 N–H and O–H groups in total. The largest absolute Gasteiger partial charge is 0.456 e. The Hall–Kier alpha value is -3.55. The highest BCUT2D eigenvalue weighted by molar-refractivity contribution is 6.32. The molecule has 0 atom stereocenters. The Kier molecular flexibility index (Phi) is 12.0. The molecular formula is C28H32Cl3N7O2. The minimum absolute atomic E-state index is 0. The maximum Gasteiger partial charge on any atom is 0.251 e. The molecule has 212 valence electrons. The topological polar surface area (TPSA) is 124 Å². The summed E-state index contributed by atoms with van der Waals surface area (Å²) in [5.41, 5.74) is 2.86. The molecular weight excluding hydrogens is 573 g/mol. The number of ether oxygens (including phenoxy) is 1. The van der Waals surface area contributed by atoms with Gasteiger partial charge in [0.1, 0.15) is 29.5 Å². The van der Waals surface area contributed by atoms with Crippen molar-refractivity contribution in [1.82, 2.24) is 20.6 Å². The average Bonchev–Trinajstić information content (AvgIpc) is 3.08. The fraction of sp³-hybridized carbons (Fsp3) is 0.286. The van der Waals surface area contributed by atoms with Gasteiger partial charge in [0.2, 0.25) is 0 Å². The normalized spacial score (nSPS) is 12.1. The van der Waals surface area contributed by atoms with Gasteiger partial charge < -0.3 is 26.0 Å². The maximum absolute atomic E-state index is 12.5. The van der Waals surface area contributed by atoms with Crippen LogP contribution in [0.1, 0.15) is 43.1 Å². The third kappa shape index (κ3) is 9.00. The minimum atomic E-state index is -0.343. The van der Waals surface area contributed by atoms with Crippen LogP contribution in [-0.2, 0) is 0 Å². The number of halogens is 3. The predicted octanol–water partition coefficient (Wildman–Crippen LogP) is 6.35. The lowest BCUT2D eigenvalue weighted by Crippen LogP contribution is -2.40.